The van der Waals surface area contributed by atoms with E-state index in [0.717, 1.165) is 22.5 Å². The van der Waals surface area contributed by atoms with Gasteiger partial charge in [0.2, 0.25) is 21.8 Å². The van der Waals surface area contributed by atoms with Crippen LogP contribution in [0.15, 0.2) is 42.5 Å². The summed E-state index contributed by atoms with van der Waals surface area (Å²) in [7, 11) is -3.86. The van der Waals surface area contributed by atoms with Crippen molar-refractivity contribution in [3.8, 4) is 0 Å². The molecule has 2 amide bonds. The van der Waals surface area contributed by atoms with Crippen LogP contribution in [0.5, 0.6) is 0 Å². The first-order valence-electron chi connectivity index (χ1n) is 10.6. The molecule has 2 atom stereocenters. The quantitative estimate of drug-likeness (QED) is 0.464. The third kappa shape index (κ3) is 7.77. The monoisotopic (exact) mass is 547 g/mol. The zero-order valence-electron chi connectivity index (χ0n) is 19.4. The SMILES string of the molecule is CC[C@@H](C)NC(=O)[C@H](C)N(Cc1ccc(Cl)cc1)C(=O)CN(c1ccc(Cl)c(Cl)c1)S(C)(=O)=O. The van der Waals surface area contributed by atoms with Gasteiger partial charge in [0.25, 0.3) is 0 Å². The van der Waals surface area contributed by atoms with Crippen LogP contribution in [0.2, 0.25) is 15.1 Å². The molecule has 0 fully saturated rings. The van der Waals surface area contributed by atoms with Crippen LogP contribution in [-0.4, -0.2) is 50.0 Å². The number of carbonyl (C=O) groups is 2. The number of benzene rings is 2. The first kappa shape index (κ1) is 28.2. The van der Waals surface area contributed by atoms with Crippen molar-refractivity contribution < 1.29 is 18.0 Å². The fraction of sp³-hybridized carbons (Fsp3) is 0.391. The fourth-order valence-corrected chi connectivity index (χ4v) is 4.35. The average Bonchev–Trinajstić information content (AvgIpc) is 2.77. The van der Waals surface area contributed by atoms with Gasteiger partial charge in [-0.1, -0.05) is 53.9 Å². The molecule has 0 aromatic heterocycles. The summed E-state index contributed by atoms with van der Waals surface area (Å²) < 4.78 is 26.0. The summed E-state index contributed by atoms with van der Waals surface area (Å²) in [5.74, 6) is -0.893. The number of nitrogens with one attached hydrogen (secondary N) is 1. The predicted molar refractivity (Wildman–Crippen MR) is 138 cm³/mol. The van der Waals surface area contributed by atoms with Crippen LogP contribution in [-0.2, 0) is 26.2 Å². The van der Waals surface area contributed by atoms with Crippen molar-refractivity contribution in [2.45, 2.75) is 45.8 Å². The van der Waals surface area contributed by atoms with E-state index in [1.807, 2.05) is 13.8 Å². The molecule has 0 unspecified atom stereocenters. The molecule has 2 rings (SSSR count). The van der Waals surface area contributed by atoms with Crippen molar-refractivity contribution in [2.24, 2.45) is 0 Å². The summed E-state index contributed by atoms with van der Waals surface area (Å²) in [6.07, 6.45) is 1.72. The van der Waals surface area contributed by atoms with Crippen LogP contribution in [0.25, 0.3) is 0 Å². The van der Waals surface area contributed by atoms with E-state index in [2.05, 4.69) is 5.32 Å². The third-order valence-corrected chi connectivity index (χ3v) is 7.44. The smallest absolute Gasteiger partial charge is 0.244 e. The van der Waals surface area contributed by atoms with Gasteiger partial charge in [-0.15, -0.1) is 0 Å². The first-order chi connectivity index (χ1) is 15.8. The number of hydrogen-bond acceptors (Lipinski definition) is 4. The molecule has 0 saturated heterocycles. The molecule has 0 saturated carbocycles. The summed E-state index contributed by atoms with van der Waals surface area (Å²) in [6, 6.07) is 10.2. The molecule has 186 valence electrons. The standard InChI is InChI=1S/C23H28Cl3N3O4S/c1-5-15(2)27-23(31)16(3)28(13-17-6-8-18(24)9-7-17)22(30)14-29(34(4,32)33)19-10-11-20(25)21(26)12-19/h6-12,15-16H,5,13-14H2,1-4H3,(H,27,31)/t15-,16+/m1/s1. The maximum Gasteiger partial charge on any atom is 0.244 e. The summed E-state index contributed by atoms with van der Waals surface area (Å²) in [4.78, 5) is 27.6. The molecule has 1 N–H and O–H groups in total. The molecule has 2 aromatic carbocycles. The van der Waals surface area contributed by atoms with E-state index >= 15 is 0 Å². The number of hydrogen-bond donors (Lipinski definition) is 1. The van der Waals surface area contributed by atoms with Gasteiger partial charge >= 0.3 is 0 Å². The Morgan fingerprint density at radius 1 is 1.00 bits per heavy atom. The molecule has 34 heavy (non-hydrogen) atoms. The molecule has 7 nitrogen and oxygen atoms in total. The maximum atomic E-state index is 13.5. The fourth-order valence-electron chi connectivity index (χ4n) is 3.09. The number of sulfonamides is 1. The van der Waals surface area contributed by atoms with E-state index in [4.69, 9.17) is 34.8 Å². The number of amides is 2. The number of nitrogens with zero attached hydrogens (tertiary/aromatic N) is 2. The largest absolute Gasteiger partial charge is 0.352 e. The molecule has 0 bridgehead atoms. The van der Waals surface area contributed by atoms with Crippen molar-refractivity contribution in [3.63, 3.8) is 0 Å². The second-order valence-corrected chi connectivity index (χ2v) is 11.2. The summed E-state index contributed by atoms with van der Waals surface area (Å²) in [5.41, 5.74) is 0.926. The van der Waals surface area contributed by atoms with E-state index < -0.39 is 28.5 Å². The van der Waals surface area contributed by atoms with Crippen LogP contribution in [0.1, 0.15) is 32.8 Å². The Kier molecular flexibility index (Phi) is 10.1. The molecule has 0 aliphatic rings. The molecular formula is C23H28Cl3N3O4S. The topological polar surface area (TPSA) is 86.8 Å². The highest BCUT2D eigenvalue weighted by molar-refractivity contribution is 7.92. The van der Waals surface area contributed by atoms with Gasteiger partial charge in [-0.2, -0.15) is 0 Å². The van der Waals surface area contributed by atoms with E-state index in [9.17, 15) is 18.0 Å². The lowest BCUT2D eigenvalue weighted by Crippen LogP contribution is -2.52. The lowest BCUT2D eigenvalue weighted by molar-refractivity contribution is -0.139. The van der Waals surface area contributed by atoms with Gasteiger partial charge in [-0.25, -0.2) is 8.42 Å². The van der Waals surface area contributed by atoms with Gasteiger partial charge in [-0.3, -0.25) is 13.9 Å². The minimum atomic E-state index is -3.86. The van der Waals surface area contributed by atoms with Crippen LogP contribution in [0, 0.1) is 0 Å². The van der Waals surface area contributed by atoms with Gasteiger partial charge < -0.3 is 10.2 Å². The Hall–Kier alpha value is -2.00. The number of halogens is 3. The highest BCUT2D eigenvalue weighted by Crippen LogP contribution is 2.28. The summed E-state index contributed by atoms with van der Waals surface area (Å²) >= 11 is 18.0. The van der Waals surface area contributed by atoms with Gasteiger partial charge in [-0.05, 0) is 56.2 Å². The van der Waals surface area contributed by atoms with Crippen LogP contribution in [0.3, 0.4) is 0 Å². The highest BCUT2D eigenvalue weighted by atomic mass is 35.5. The van der Waals surface area contributed by atoms with Crippen molar-refractivity contribution in [1.82, 2.24) is 10.2 Å². The second kappa shape index (κ2) is 12.1. The van der Waals surface area contributed by atoms with E-state index in [0.29, 0.717) is 5.02 Å². The Balaban J connectivity index is 2.39. The molecule has 0 aliphatic heterocycles. The number of rotatable bonds is 10. The van der Waals surface area contributed by atoms with E-state index in [1.54, 1.807) is 31.2 Å². The summed E-state index contributed by atoms with van der Waals surface area (Å²) in [6.45, 7) is 4.98. The van der Waals surface area contributed by atoms with Crippen molar-refractivity contribution in [2.75, 3.05) is 17.1 Å². The van der Waals surface area contributed by atoms with Crippen molar-refractivity contribution >= 4 is 62.3 Å². The van der Waals surface area contributed by atoms with E-state index in [1.165, 1.54) is 23.1 Å². The highest BCUT2D eigenvalue weighted by Gasteiger charge is 2.30. The Morgan fingerprint density at radius 3 is 2.15 bits per heavy atom. The van der Waals surface area contributed by atoms with Gasteiger partial charge in [0.05, 0.1) is 22.0 Å². The predicted octanol–water partition coefficient (Wildman–Crippen LogP) is 4.74. The van der Waals surface area contributed by atoms with Crippen molar-refractivity contribution in [3.05, 3.63) is 63.1 Å². The zero-order chi connectivity index (χ0) is 25.6. The number of anilines is 1. The van der Waals surface area contributed by atoms with Crippen molar-refractivity contribution in [1.29, 1.82) is 0 Å². The lowest BCUT2D eigenvalue weighted by Gasteiger charge is -2.32. The van der Waals surface area contributed by atoms with Gasteiger partial charge in [0.1, 0.15) is 12.6 Å². The lowest BCUT2D eigenvalue weighted by atomic mass is 10.1. The van der Waals surface area contributed by atoms with E-state index in [-0.39, 0.29) is 34.2 Å². The van der Waals surface area contributed by atoms with Gasteiger partial charge in [0, 0.05) is 17.6 Å². The molecule has 0 heterocycles. The molecule has 0 aliphatic carbocycles. The summed E-state index contributed by atoms with van der Waals surface area (Å²) in [5, 5.41) is 3.81. The minimum Gasteiger partial charge on any atom is -0.352 e. The Bertz CT molecular complexity index is 1130. The zero-order valence-corrected chi connectivity index (χ0v) is 22.5. The molecule has 0 spiro atoms. The van der Waals surface area contributed by atoms with Crippen LogP contribution in [0.4, 0.5) is 5.69 Å². The molecular weight excluding hydrogens is 521 g/mol. The Labute approximate surface area is 216 Å². The molecule has 0 radical (unpaired) electrons. The number of carbonyl (C=O) groups excluding carboxylic acids is 2. The van der Waals surface area contributed by atoms with Crippen LogP contribution < -0.4 is 9.62 Å². The molecule has 11 heteroatoms. The molecule has 2 aromatic rings. The second-order valence-electron chi connectivity index (χ2n) is 8.01. The average molecular weight is 549 g/mol. The Morgan fingerprint density at radius 2 is 1.62 bits per heavy atom. The normalized spacial score (nSPS) is 13.1. The third-order valence-electron chi connectivity index (χ3n) is 5.30. The maximum absolute atomic E-state index is 13.5. The van der Waals surface area contributed by atoms with Crippen LogP contribution >= 0.6 is 34.8 Å². The minimum absolute atomic E-state index is 0.0776. The first-order valence-corrected chi connectivity index (χ1v) is 13.6. The van der Waals surface area contributed by atoms with Gasteiger partial charge in [0.15, 0.2) is 0 Å².